The van der Waals surface area contributed by atoms with Crippen LogP contribution >= 0.6 is 12.4 Å². The van der Waals surface area contributed by atoms with E-state index < -0.39 is 12.1 Å². The molecule has 6 nitrogen and oxygen atoms in total. The van der Waals surface area contributed by atoms with E-state index in [2.05, 4.69) is 5.32 Å². The molecular formula is C16H24ClFN2O4. The number of hydrogen-bond donors (Lipinski definition) is 3. The number of nitrogens with two attached hydrogens (primary N) is 1. The van der Waals surface area contributed by atoms with Crippen molar-refractivity contribution in [3.63, 3.8) is 0 Å². The molecule has 2 rings (SSSR count). The van der Waals surface area contributed by atoms with Gasteiger partial charge in [0.15, 0.2) is 0 Å². The highest BCUT2D eigenvalue weighted by Crippen LogP contribution is 2.17. The first-order chi connectivity index (χ1) is 11.1. The number of benzene rings is 1. The maximum Gasteiger partial charge on any atom is 0.237 e. The van der Waals surface area contributed by atoms with Crippen molar-refractivity contribution >= 4 is 18.3 Å². The van der Waals surface area contributed by atoms with Crippen LogP contribution in [-0.4, -0.2) is 49.5 Å². The molecule has 0 aromatic heterocycles. The second kappa shape index (κ2) is 10.5. The molecule has 1 fully saturated rings. The summed E-state index contributed by atoms with van der Waals surface area (Å²) in [5.41, 5.74) is 5.94. The lowest BCUT2D eigenvalue weighted by Gasteiger charge is -2.27. The highest BCUT2D eigenvalue weighted by molar-refractivity contribution is 5.85. The van der Waals surface area contributed by atoms with Crippen molar-refractivity contribution in [1.29, 1.82) is 0 Å². The molecule has 1 amide bonds. The number of nitrogens with one attached hydrogen (secondary N) is 1. The maximum atomic E-state index is 12.8. The fraction of sp³-hybridized carbons (Fsp3) is 0.562. The van der Waals surface area contributed by atoms with E-state index in [1.54, 1.807) is 0 Å². The van der Waals surface area contributed by atoms with Gasteiger partial charge in [0, 0.05) is 19.8 Å². The predicted octanol–water partition coefficient (Wildman–Crippen LogP) is 0.857. The summed E-state index contributed by atoms with van der Waals surface area (Å²) in [5.74, 6) is -0.0722. The average Bonchev–Trinajstić information content (AvgIpc) is 2.59. The van der Waals surface area contributed by atoms with Crippen molar-refractivity contribution < 1.29 is 23.8 Å². The van der Waals surface area contributed by atoms with Gasteiger partial charge in [-0.1, -0.05) is 0 Å². The van der Waals surface area contributed by atoms with Gasteiger partial charge < -0.3 is 25.6 Å². The quantitative estimate of drug-likeness (QED) is 0.668. The molecule has 0 aliphatic carbocycles. The first-order valence-electron chi connectivity index (χ1n) is 7.73. The SMILES string of the molecule is Cl.NC(C(=O)NCC(O)COc1ccc(F)cc1)C1CCOCC1. The lowest BCUT2D eigenvalue weighted by atomic mass is 9.92. The lowest BCUT2D eigenvalue weighted by molar-refractivity contribution is -0.124. The van der Waals surface area contributed by atoms with E-state index in [9.17, 15) is 14.3 Å². The number of amides is 1. The van der Waals surface area contributed by atoms with E-state index in [1.165, 1.54) is 24.3 Å². The summed E-state index contributed by atoms with van der Waals surface area (Å²) in [4.78, 5) is 12.0. The van der Waals surface area contributed by atoms with Crippen LogP contribution in [0.15, 0.2) is 24.3 Å². The smallest absolute Gasteiger partial charge is 0.237 e. The molecule has 0 spiro atoms. The van der Waals surface area contributed by atoms with E-state index in [0.717, 1.165) is 12.8 Å². The zero-order valence-corrected chi connectivity index (χ0v) is 14.1. The van der Waals surface area contributed by atoms with E-state index >= 15 is 0 Å². The average molecular weight is 363 g/mol. The van der Waals surface area contributed by atoms with Crippen molar-refractivity contribution in [2.45, 2.75) is 25.0 Å². The van der Waals surface area contributed by atoms with Gasteiger partial charge in [0.05, 0.1) is 6.04 Å². The van der Waals surface area contributed by atoms with Gasteiger partial charge in [0.2, 0.25) is 5.91 Å². The number of halogens is 2. The number of carbonyl (C=O) groups is 1. The zero-order chi connectivity index (χ0) is 16.7. The predicted molar refractivity (Wildman–Crippen MR) is 89.7 cm³/mol. The Morgan fingerprint density at radius 2 is 2.00 bits per heavy atom. The summed E-state index contributed by atoms with van der Waals surface area (Å²) in [6.07, 6.45) is 0.668. The molecule has 0 saturated carbocycles. The monoisotopic (exact) mass is 362 g/mol. The summed E-state index contributed by atoms with van der Waals surface area (Å²) in [6, 6.07) is 4.90. The van der Waals surface area contributed by atoms with Crippen LogP contribution in [-0.2, 0) is 9.53 Å². The molecular weight excluding hydrogens is 339 g/mol. The maximum absolute atomic E-state index is 12.8. The molecule has 4 N–H and O–H groups in total. The first kappa shape index (κ1) is 20.6. The van der Waals surface area contributed by atoms with Crippen LogP contribution in [0.25, 0.3) is 0 Å². The Morgan fingerprint density at radius 1 is 1.38 bits per heavy atom. The number of hydrogen-bond acceptors (Lipinski definition) is 5. The van der Waals surface area contributed by atoms with Crippen LogP contribution in [0.4, 0.5) is 4.39 Å². The fourth-order valence-corrected chi connectivity index (χ4v) is 2.41. The Morgan fingerprint density at radius 3 is 2.62 bits per heavy atom. The lowest BCUT2D eigenvalue weighted by Crippen LogP contribution is -2.49. The molecule has 0 radical (unpaired) electrons. The number of ether oxygens (including phenoxy) is 2. The minimum atomic E-state index is -0.870. The van der Waals surface area contributed by atoms with Crippen molar-refractivity contribution in [3.8, 4) is 5.75 Å². The van der Waals surface area contributed by atoms with Crippen LogP contribution in [0.3, 0.4) is 0 Å². The number of rotatable bonds is 7. The molecule has 136 valence electrons. The van der Waals surface area contributed by atoms with Crippen LogP contribution in [0, 0.1) is 11.7 Å². The van der Waals surface area contributed by atoms with Crippen molar-refractivity contribution in [3.05, 3.63) is 30.1 Å². The highest BCUT2D eigenvalue weighted by atomic mass is 35.5. The van der Waals surface area contributed by atoms with Crippen molar-refractivity contribution in [2.75, 3.05) is 26.4 Å². The third-order valence-electron chi connectivity index (χ3n) is 3.84. The number of aliphatic hydroxyl groups excluding tert-OH is 1. The summed E-state index contributed by atoms with van der Waals surface area (Å²) < 4.78 is 23.3. The Bertz CT molecular complexity index is 497. The molecule has 1 aromatic carbocycles. The van der Waals surface area contributed by atoms with Crippen LogP contribution in [0.5, 0.6) is 5.75 Å². The minimum Gasteiger partial charge on any atom is -0.491 e. The molecule has 1 heterocycles. The summed E-state index contributed by atoms with van der Waals surface area (Å²) >= 11 is 0. The van der Waals surface area contributed by atoms with E-state index in [1.807, 2.05) is 0 Å². The topological polar surface area (TPSA) is 93.8 Å². The molecule has 0 bridgehead atoms. The second-order valence-corrected chi connectivity index (χ2v) is 5.64. The molecule has 8 heteroatoms. The van der Waals surface area contributed by atoms with E-state index in [0.29, 0.717) is 19.0 Å². The molecule has 1 aliphatic rings. The van der Waals surface area contributed by atoms with Gasteiger partial charge in [-0.15, -0.1) is 12.4 Å². The normalized spacial score (nSPS) is 17.5. The molecule has 1 aromatic rings. The number of carbonyl (C=O) groups excluding carboxylic acids is 1. The van der Waals surface area contributed by atoms with Gasteiger partial charge in [0.1, 0.15) is 24.3 Å². The molecule has 1 saturated heterocycles. The van der Waals surface area contributed by atoms with Gasteiger partial charge >= 0.3 is 0 Å². The molecule has 2 atom stereocenters. The van der Waals surface area contributed by atoms with E-state index in [4.69, 9.17) is 15.2 Å². The molecule has 1 aliphatic heterocycles. The molecule has 2 unspecified atom stereocenters. The van der Waals surface area contributed by atoms with Crippen molar-refractivity contribution in [1.82, 2.24) is 5.32 Å². The van der Waals surface area contributed by atoms with Crippen LogP contribution < -0.4 is 15.8 Å². The van der Waals surface area contributed by atoms with Gasteiger partial charge in [0.25, 0.3) is 0 Å². The van der Waals surface area contributed by atoms with Gasteiger partial charge in [-0.3, -0.25) is 4.79 Å². The van der Waals surface area contributed by atoms with Crippen molar-refractivity contribution in [2.24, 2.45) is 11.7 Å². The summed E-state index contributed by atoms with van der Waals surface area (Å²) in [7, 11) is 0. The second-order valence-electron chi connectivity index (χ2n) is 5.64. The van der Waals surface area contributed by atoms with Crippen LogP contribution in [0.1, 0.15) is 12.8 Å². The largest absolute Gasteiger partial charge is 0.491 e. The highest BCUT2D eigenvalue weighted by Gasteiger charge is 2.26. The zero-order valence-electron chi connectivity index (χ0n) is 13.3. The fourth-order valence-electron chi connectivity index (χ4n) is 2.41. The minimum absolute atomic E-state index is 0. The van der Waals surface area contributed by atoms with E-state index in [-0.39, 0.29) is 43.2 Å². The third-order valence-corrected chi connectivity index (χ3v) is 3.84. The summed E-state index contributed by atoms with van der Waals surface area (Å²) in [5, 5.41) is 12.5. The Labute approximate surface area is 146 Å². The van der Waals surface area contributed by atoms with Gasteiger partial charge in [-0.05, 0) is 43.0 Å². The Kier molecular flexibility index (Phi) is 8.99. The standard InChI is InChI=1S/C16H23FN2O4.ClH/c17-12-1-3-14(4-2-12)23-10-13(20)9-19-16(21)15(18)11-5-7-22-8-6-11;/h1-4,11,13,15,20H,5-10,18H2,(H,19,21);1H. The third kappa shape index (κ3) is 6.60. The van der Waals surface area contributed by atoms with Crippen LogP contribution in [0.2, 0.25) is 0 Å². The molecule has 24 heavy (non-hydrogen) atoms. The van der Waals surface area contributed by atoms with Gasteiger partial charge in [-0.25, -0.2) is 4.39 Å². The Hall–Kier alpha value is -1.41. The number of aliphatic hydroxyl groups is 1. The first-order valence-corrected chi connectivity index (χ1v) is 7.73. The summed E-state index contributed by atoms with van der Waals surface area (Å²) in [6.45, 7) is 1.30. The van der Waals surface area contributed by atoms with Gasteiger partial charge in [-0.2, -0.15) is 0 Å². The Balaban J connectivity index is 0.00000288.